The third-order valence-corrected chi connectivity index (χ3v) is 4.77. The van der Waals surface area contributed by atoms with Gasteiger partial charge in [0.15, 0.2) is 5.16 Å². The number of benzene rings is 1. The van der Waals surface area contributed by atoms with Crippen LogP contribution in [-0.4, -0.2) is 39.6 Å². The van der Waals surface area contributed by atoms with Gasteiger partial charge >= 0.3 is 5.97 Å². The summed E-state index contributed by atoms with van der Waals surface area (Å²) in [6, 6.07) is 6.13. The Morgan fingerprint density at radius 2 is 2.38 bits per heavy atom. The lowest BCUT2D eigenvalue weighted by Crippen LogP contribution is -2.31. The number of carbonyl (C=O) groups is 1. The second-order valence-electron chi connectivity index (χ2n) is 5.70. The maximum absolute atomic E-state index is 10.9. The van der Waals surface area contributed by atoms with E-state index in [1.54, 1.807) is 0 Å². The minimum atomic E-state index is -0.831. The van der Waals surface area contributed by atoms with Gasteiger partial charge < -0.3 is 14.4 Å². The van der Waals surface area contributed by atoms with Crippen LogP contribution in [0.5, 0.6) is 0 Å². The van der Waals surface area contributed by atoms with Crippen LogP contribution in [0.25, 0.3) is 11.0 Å². The van der Waals surface area contributed by atoms with Crippen molar-refractivity contribution in [3.63, 3.8) is 0 Å². The number of nitrogens with zero attached hydrogens (tertiary/aromatic N) is 2. The molecule has 0 spiro atoms. The second-order valence-corrected chi connectivity index (χ2v) is 6.65. The predicted molar refractivity (Wildman–Crippen MR) is 81.9 cm³/mol. The van der Waals surface area contributed by atoms with Crippen molar-refractivity contribution in [2.75, 3.05) is 19.0 Å². The van der Waals surface area contributed by atoms with Crippen molar-refractivity contribution in [1.82, 2.24) is 9.55 Å². The Kier molecular flexibility index (Phi) is 3.67. The van der Waals surface area contributed by atoms with Crippen molar-refractivity contribution in [3.8, 4) is 0 Å². The number of aliphatic carboxylic acids is 1. The summed E-state index contributed by atoms with van der Waals surface area (Å²) < 4.78 is 7.73. The normalized spacial score (nSPS) is 22.0. The van der Waals surface area contributed by atoms with Gasteiger partial charge in [0.2, 0.25) is 0 Å². The first-order chi connectivity index (χ1) is 9.99. The molecule has 5 nitrogen and oxygen atoms in total. The van der Waals surface area contributed by atoms with Gasteiger partial charge in [-0.1, -0.05) is 17.8 Å². The Morgan fingerprint density at radius 3 is 3.05 bits per heavy atom. The summed E-state index contributed by atoms with van der Waals surface area (Å²) in [5.74, 6) is -0.818. The van der Waals surface area contributed by atoms with Crippen molar-refractivity contribution in [3.05, 3.63) is 23.8 Å². The van der Waals surface area contributed by atoms with Crippen LogP contribution < -0.4 is 0 Å². The van der Waals surface area contributed by atoms with Crippen LogP contribution in [0.2, 0.25) is 0 Å². The summed E-state index contributed by atoms with van der Waals surface area (Å²) in [6.45, 7) is 5.56. The Balaban J connectivity index is 2.14. The number of carboxylic acids is 1. The molecular weight excluding hydrogens is 288 g/mol. The molecule has 1 fully saturated rings. The van der Waals surface area contributed by atoms with E-state index in [0.717, 1.165) is 29.2 Å². The molecule has 1 unspecified atom stereocenters. The molecule has 1 aliphatic heterocycles. The monoisotopic (exact) mass is 306 g/mol. The van der Waals surface area contributed by atoms with Gasteiger partial charge in [-0.15, -0.1) is 0 Å². The fourth-order valence-electron chi connectivity index (χ4n) is 2.74. The number of aryl methyl sites for hydroxylation is 1. The van der Waals surface area contributed by atoms with E-state index < -0.39 is 5.97 Å². The van der Waals surface area contributed by atoms with Gasteiger partial charge in [0.05, 0.1) is 28.9 Å². The largest absolute Gasteiger partial charge is 0.481 e. The first-order valence-corrected chi connectivity index (χ1v) is 7.90. The number of carboxylic acid groups (broad SMARTS) is 1. The highest BCUT2D eigenvalue weighted by Gasteiger charge is 2.35. The van der Waals surface area contributed by atoms with E-state index in [1.165, 1.54) is 17.3 Å². The predicted octanol–water partition coefficient (Wildman–Crippen LogP) is 2.66. The van der Waals surface area contributed by atoms with Crippen molar-refractivity contribution in [2.24, 2.45) is 0 Å². The molecule has 0 amide bonds. The number of aromatic nitrogens is 2. The Bertz CT molecular complexity index is 690. The van der Waals surface area contributed by atoms with E-state index in [1.807, 2.05) is 19.1 Å². The van der Waals surface area contributed by atoms with Gasteiger partial charge in [0.1, 0.15) is 0 Å². The third kappa shape index (κ3) is 2.65. The van der Waals surface area contributed by atoms with E-state index in [-0.39, 0.29) is 11.3 Å². The van der Waals surface area contributed by atoms with E-state index in [0.29, 0.717) is 6.61 Å². The molecule has 112 valence electrons. The van der Waals surface area contributed by atoms with Crippen molar-refractivity contribution < 1.29 is 14.6 Å². The fourth-order valence-corrected chi connectivity index (χ4v) is 3.60. The van der Waals surface area contributed by atoms with Crippen LogP contribution in [0.1, 0.15) is 18.9 Å². The molecule has 1 atom stereocenters. The molecule has 1 saturated heterocycles. The fraction of sp³-hybridized carbons (Fsp3) is 0.467. The van der Waals surface area contributed by atoms with Crippen LogP contribution >= 0.6 is 11.8 Å². The minimum absolute atomic E-state index is 0.0131. The molecule has 0 radical (unpaired) electrons. The quantitative estimate of drug-likeness (QED) is 0.880. The summed E-state index contributed by atoms with van der Waals surface area (Å²) in [7, 11) is 0. The Labute approximate surface area is 127 Å². The molecule has 2 aromatic rings. The zero-order valence-electron chi connectivity index (χ0n) is 12.1. The molecule has 0 aliphatic carbocycles. The molecule has 1 aromatic heterocycles. The first kappa shape index (κ1) is 14.4. The molecule has 1 N–H and O–H groups in total. The van der Waals surface area contributed by atoms with E-state index in [2.05, 4.69) is 22.5 Å². The van der Waals surface area contributed by atoms with Gasteiger partial charge in [-0.25, -0.2) is 4.98 Å². The van der Waals surface area contributed by atoms with Crippen molar-refractivity contribution in [1.29, 1.82) is 0 Å². The molecule has 1 aromatic carbocycles. The third-order valence-electron chi connectivity index (χ3n) is 3.84. The van der Waals surface area contributed by atoms with Crippen LogP contribution in [0.4, 0.5) is 0 Å². The van der Waals surface area contributed by atoms with Gasteiger partial charge in [-0.2, -0.15) is 0 Å². The topological polar surface area (TPSA) is 64.3 Å². The lowest BCUT2D eigenvalue weighted by Gasteiger charge is -2.26. The average molecular weight is 306 g/mol. The summed E-state index contributed by atoms with van der Waals surface area (Å²) in [5, 5.41) is 9.69. The summed E-state index contributed by atoms with van der Waals surface area (Å²) in [6.07, 6.45) is 0.910. The molecule has 0 bridgehead atoms. The van der Waals surface area contributed by atoms with Crippen LogP contribution in [0.3, 0.4) is 0 Å². The molecule has 21 heavy (non-hydrogen) atoms. The van der Waals surface area contributed by atoms with Crippen LogP contribution in [0, 0.1) is 6.92 Å². The lowest BCUT2D eigenvalue weighted by atomic mass is 10.0. The number of imidazole rings is 1. The smallest absolute Gasteiger partial charge is 0.313 e. The maximum Gasteiger partial charge on any atom is 0.313 e. The highest BCUT2D eigenvalue weighted by Crippen LogP contribution is 2.36. The number of fused-ring (bicyclic) bond motifs is 1. The highest BCUT2D eigenvalue weighted by atomic mass is 32.2. The molecule has 6 heteroatoms. The Hall–Kier alpha value is -1.53. The number of hydrogen-bond acceptors (Lipinski definition) is 4. The number of rotatable bonds is 4. The molecule has 1 aliphatic rings. The summed E-state index contributed by atoms with van der Waals surface area (Å²) >= 11 is 1.27. The SMILES string of the molecule is Cc1ccc2nc(SCC(=O)O)n(C3(C)CCOC3)c2c1. The van der Waals surface area contributed by atoms with Crippen LogP contribution in [0.15, 0.2) is 23.4 Å². The minimum Gasteiger partial charge on any atom is -0.481 e. The van der Waals surface area contributed by atoms with Gasteiger partial charge in [0.25, 0.3) is 0 Å². The summed E-state index contributed by atoms with van der Waals surface area (Å²) in [5.41, 5.74) is 2.96. The number of hydrogen-bond donors (Lipinski definition) is 1. The van der Waals surface area contributed by atoms with E-state index in [9.17, 15) is 4.79 Å². The van der Waals surface area contributed by atoms with Crippen LogP contribution in [-0.2, 0) is 15.1 Å². The zero-order chi connectivity index (χ0) is 15.0. The lowest BCUT2D eigenvalue weighted by molar-refractivity contribution is -0.133. The average Bonchev–Trinajstić information content (AvgIpc) is 3.00. The molecule has 2 heterocycles. The number of thioether (sulfide) groups is 1. The molecule has 3 rings (SSSR count). The van der Waals surface area contributed by atoms with E-state index >= 15 is 0 Å². The molecule has 0 saturated carbocycles. The first-order valence-electron chi connectivity index (χ1n) is 6.91. The second kappa shape index (κ2) is 5.35. The van der Waals surface area contributed by atoms with Gasteiger partial charge in [0, 0.05) is 6.61 Å². The standard InChI is InChI=1S/C15H18N2O3S/c1-10-3-4-11-12(7-10)17(15(2)5-6-20-9-15)14(16-11)21-8-13(18)19/h3-4,7H,5-6,8-9H2,1-2H3,(H,18,19). The van der Waals surface area contributed by atoms with Gasteiger partial charge in [-0.3, -0.25) is 4.79 Å². The zero-order valence-corrected chi connectivity index (χ0v) is 12.9. The maximum atomic E-state index is 10.9. The Morgan fingerprint density at radius 1 is 1.57 bits per heavy atom. The van der Waals surface area contributed by atoms with Crippen molar-refractivity contribution >= 4 is 28.8 Å². The molecular formula is C15H18N2O3S. The highest BCUT2D eigenvalue weighted by molar-refractivity contribution is 7.99. The van der Waals surface area contributed by atoms with Gasteiger partial charge in [-0.05, 0) is 38.0 Å². The van der Waals surface area contributed by atoms with E-state index in [4.69, 9.17) is 9.84 Å². The summed E-state index contributed by atoms with van der Waals surface area (Å²) in [4.78, 5) is 15.5. The van der Waals surface area contributed by atoms with Crippen molar-refractivity contribution in [2.45, 2.75) is 31.0 Å². The number of ether oxygens (including phenoxy) is 1.